The number of carbonyl (C=O) groups is 1. The van der Waals surface area contributed by atoms with E-state index < -0.39 is 6.04 Å². The average Bonchev–Trinajstić information content (AvgIpc) is 3.26. The number of aryl methyl sites for hydroxylation is 1. The summed E-state index contributed by atoms with van der Waals surface area (Å²) in [5.41, 5.74) is 1.77. The van der Waals surface area contributed by atoms with E-state index in [1.165, 1.54) is 12.1 Å². The number of amides is 1. The van der Waals surface area contributed by atoms with Crippen LogP contribution in [0.25, 0.3) is 22.4 Å². The molecule has 8 heteroatoms. The third-order valence-electron chi connectivity index (χ3n) is 4.27. The first kappa shape index (κ1) is 16.8. The number of furan rings is 1. The van der Waals surface area contributed by atoms with Gasteiger partial charge in [-0.1, -0.05) is 0 Å². The predicted molar refractivity (Wildman–Crippen MR) is 98.1 cm³/mol. The van der Waals surface area contributed by atoms with Crippen LogP contribution in [0.4, 0.5) is 0 Å². The van der Waals surface area contributed by atoms with Gasteiger partial charge in [0.2, 0.25) is 0 Å². The molecule has 0 aliphatic rings. The molecule has 0 spiro atoms. The highest BCUT2D eigenvalue weighted by Gasteiger charge is 2.22. The second-order valence-electron chi connectivity index (χ2n) is 6.19. The summed E-state index contributed by atoms with van der Waals surface area (Å²) < 4.78 is 5.61. The number of rotatable bonds is 4. The van der Waals surface area contributed by atoms with Crippen molar-refractivity contribution >= 4 is 16.9 Å². The third-order valence-corrected chi connectivity index (χ3v) is 4.27. The van der Waals surface area contributed by atoms with Gasteiger partial charge in [0.1, 0.15) is 22.9 Å². The average molecular weight is 363 g/mol. The Hall–Kier alpha value is -3.68. The highest BCUT2D eigenvalue weighted by molar-refractivity contribution is 6.07. The Bertz CT molecular complexity index is 1120. The number of aromatic nitrogens is 4. The number of fused-ring (bicyclic) bond motifs is 1. The molecule has 0 saturated heterocycles. The number of aromatic hydroxyl groups is 1. The van der Waals surface area contributed by atoms with Gasteiger partial charge >= 0.3 is 0 Å². The lowest BCUT2D eigenvalue weighted by Gasteiger charge is -2.10. The SMILES string of the molecule is Cc1oc2ccc(O)cc2c1C(=O)NC(C)c1nc(-c2ccncc2)n[nH]1. The summed E-state index contributed by atoms with van der Waals surface area (Å²) in [7, 11) is 0. The summed E-state index contributed by atoms with van der Waals surface area (Å²) >= 11 is 0. The number of hydrogen-bond donors (Lipinski definition) is 3. The highest BCUT2D eigenvalue weighted by Crippen LogP contribution is 2.29. The summed E-state index contributed by atoms with van der Waals surface area (Å²) in [6.45, 7) is 3.52. The van der Waals surface area contributed by atoms with Gasteiger partial charge in [-0.05, 0) is 44.2 Å². The van der Waals surface area contributed by atoms with Crippen molar-refractivity contribution < 1.29 is 14.3 Å². The van der Waals surface area contributed by atoms with Crippen LogP contribution in [0.5, 0.6) is 5.75 Å². The van der Waals surface area contributed by atoms with Crippen molar-refractivity contribution in [3.05, 3.63) is 59.9 Å². The maximum Gasteiger partial charge on any atom is 0.256 e. The maximum absolute atomic E-state index is 12.8. The van der Waals surface area contributed by atoms with E-state index in [-0.39, 0.29) is 11.7 Å². The summed E-state index contributed by atoms with van der Waals surface area (Å²) in [6, 6.07) is 7.89. The quantitative estimate of drug-likeness (QED) is 0.513. The van der Waals surface area contributed by atoms with Crippen LogP contribution in [0.3, 0.4) is 0 Å². The van der Waals surface area contributed by atoms with Crippen molar-refractivity contribution in [2.75, 3.05) is 0 Å². The monoisotopic (exact) mass is 363 g/mol. The van der Waals surface area contributed by atoms with E-state index in [4.69, 9.17) is 4.42 Å². The van der Waals surface area contributed by atoms with Gasteiger partial charge in [0, 0.05) is 23.3 Å². The molecule has 0 bridgehead atoms. The van der Waals surface area contributed by atoms with Crippen molar-refractivity contribution in [1.29, 1.82) is 0 Å². The first-order chi connectivity index (χ1) is 13.0. The van der Waals surface area contributed by atoms with Crippen LogP contribution in [0, 0.1) is 6.92 Å². The summed E-state index contributed by atoms with van der Waals surface area (Å²) in [6.07, 6.45) is 3.33. The topological polar surface area (TPSA) is 117 Å². The van der Waals surface area contributed by atoms with E-state index in [9.17, 15) is 9.90 Å². The Morgan fingerprint density at radius 3 is 2.81 bits per heavy atom. The molecular weight excluding hydrogens is 346 g/mol. The molecule has 3 N–H and O–H groups in total. The van der Waals surface area contributed by atoms with Crippen molar-refractivity contribution in [2.24, 2.45) is 0 Å². The fraction of sp³-hybridized carbons (Fsp3) is 0.158. The second kappa shape index (κ2) is 6.56. The standard InChI is InChI=1S/C19H17N5O3/c1-10(17-22-18(24-23-17)12-5-7-20-8-6-12)21-19(26)16-11(2)27-15-4-3-13(25)9-14(15)16/h3-10,25H,1-2H3,(H,21,26)(H,22,23,24). The molecule has 0 saturated carbocycles. The Morgan fingerprint density at radius 2 is 2.04 bits per heavy atom. The number of phenols is 1. The molecule has 0 radical (unpaired) electrons. The minimum Gasteiger partial charge on any atom is -0.508 e. The molecule has 1 aromatic carbocycles. The molecule has 0 fully saturated rings. The van der Waals surface area contributed by atoms with Crippen LogP contribution in [-0.2, 0) is 0 Å². The van der Waals surface area contributed by atoms with Crippen LogP contribution >= 0.6 is 0 Å². The number of nitrogens with zero attached hydrogens (tertiary/aromatic N) is 3. The molecule has 3 heterocycles. The number of H-pyrrole nitrogens is 1. The van der Waals surface area contributed by atoms with E-state index in [0.717, 1.165) is 5.56 Å². The van der Waals surface area contributed by atoms with Gasteiger partial charge in [-0.2, -0.15) is 5.10 Å². The predicted octanol–water partition coefficient (Wildman–Crippen LogP) is 3.12. The van der Waals surface area contributed by atoms with E-state index in [0.29, 0.717) is 33.9 Å². The van der Waals surface area contributed by atoms with Gasteiger partial charge in [-0.25, -0.2) is 4.98 Å². The van der Waals surface area contributed by atoms with Crippen molar-refractivity contribution in [1.82, 2.24) is 25.5 Å². The first-order valence-electron chi connectivity index (χ1n) is 8.38. The number of nitrogens with one attached hydrogen (secondary N) is 2. The van der Waals surface area contributed by atoms with Crippen LogP contribution in [-0.4, -0.2) is 31.2 Å². The number of pyridine rings is 1. The lowest BCUT2D eigenvalue weighted by atomic mass is 10.1. The van der Waals surface area contributed by atoms with Crippen LogP contribution in [0.1, 0.15) is 34.9 Å². The molecule has 1 amide bonds. The van der Waals surface area contributed by atoms with Gasteiger partial charge in [-0.15, -0.1) is 0 Å². The van der Waals surface area contributed by atoms with E-state index in [1.54, 1.807) is 25.4 Å². The summed E-state index contributed by atoms with van der Waals surface area (Å²) in [5.74, 6) is 1.30. The van der Waals surface area contributed by atoms with Crippen molar-refractivity contribution in [3.8, 4) is 17.1 Å². The van der Waals surface area contributed by atoms with Crippen LogP contribution < -0.4 is 5.32 Å². The molecule has 0 aliphatic carbocycles. The molecule has 27 heavy (non-hydrogen) atoms. The van der Waals surface area contributed by atoms with E-state index in [1.807, 2.05) is 19.1 Å². The minimum atomic E-state index is -0.401. The molecule has 3 aromatic heterocycles. The van der Waals surface area contributed by atoms with E-state index >= 15 is 0 Å². The molecule has 136 valence electrons. The Kier molecular flexibility index (Phi) is 4.08. The summed E-state index contributed by atoms with van der Waals surface area (Å²) in [4.78, 5) is 21.2. The largest absolute Gasteiger partial charge is 0.508 e. The van der Waals surface area contributed by atoms with Gasteiger partial charge in [-0.3, -0.25) is 14.9 Å². The molecule has 1 atom stereocenters. The molecule has 4 aromatic rings. The zero-order chi connectivity index (χ0) is 19.0. The molecule has 0 aliphatic heterocycles. The van der Waals surface area contributed by atoms with Gasteiger partial charge in [0.15, 0.2) is 5.82 Å². The minimum absolute atomic E-state index is 0.0719. The summed E-state index contributed by atoms with van der Waals surface area (Å²) in [5, 5.41) is 20.2. The zero-order valence-electron chi connectivity index (χ0n) is 14.7. The normalized spacial score (nSPS) is 12.2. The zero-order valence-corrected chi connectivity index (χ0v) is 14.7. The smallest absolute Gasteiger partial charge is 0.256 e. The third kappa shape index (κ3) is 3.12. The fourth-order valence-corrected chi connectivity index (χ4v) is 2.93. The fourth-order valence-electron chi connectivity index (χ4n) is 2.93. The maximum atomic E-state index is 12.8. The number of aromatic amines is 1. The number of benzene rings is 1. The van der Waals surface area contributed by atoms with E-state index in [2.05, 4.69) is 25.5 Å². The van der Waals surface area contributed by atoms with Gasteiger partial charge in [0.25, 0.3) is 5.91 Å². The Morgan fingerprint density at radius 1 is 1.26 bits per heavy atom. The number of carbonyl (C=O) groups excluding carboxylic acids is 1. The molecule has 8 nitrogen and oxygen atoms in total. The number of hydrogen-bond acceptors (Lipinski definition) is 6. The van der Waals surface area contributed by atoms with Crippen molar-refractivity contribution in [2.45, 2.75) is 19.9 Å². The lowest BCUT2D eigenvalue weighted by molar-refractivity contribution is 0.0938. The number of phenolic OH excluding ortho intramolecular Hbond substituents is 1. The highest BCUT2D eigenvalue weighted by atomic mass is 16.3. The van der Waals surface area contributed by atoms with Crippen LogP contribution in [0.15, 0.2) is 47.1 Å². The molecular formula is C19H17N5O3. The Labute approximate surface area is 154 Å². The molecule has 4 rings (SSSR count). The lowest BCUT2D eigenvalue weighted by Crippen LogP contribution is -2.27. The second-order valence-corrected chi connectivity index (χ2v) is 6.19. The first-order valence-corrected chi connectivity index (χ1v) is 8.38. The van der Waals surface area contributed by atoms with Crippen molar-refractivity contribution in [3.63, 3.8) is 0 Å². The van der Waals surface area contributed by atoms with Gasteiger partial charge < -0.3 is 14.8 Å². The van der Waals surface area contributed by atoms with Gasteiger partial charge in [0.05, 0.1) is 11.6 Å². The molecule has 1 unspecified atom stereocenters. The van der Waals surface area contributed by atoms with Crippen LogP contribution in [0.2, 0.25) is 0 Å². The Balaban J connectivity index is 1.58.